The van der Waals surface area contributed by atoms with Crippen molar-refractivity contribution in [2.24, 2.45) is 0 Å². The van der Waals surface area contributed by atoms with Gasteiger partial charge in [-0.25, -0.2) is 0 Å². The van der Waals surface area contributed by atoms with E-state index in [1.807, 2.05) is 12.2 Å². The van der Waals surface area contributed by atoms with Crippen LogP contribution < -0.4 is 0 Å². The Bertz CT molecular complexity index is 1350. The highest BCUT2D eigenvalue weighted by Gasteiger charge is 2.19. The molecule has 6 heteroatoms. The summed E-state index contributed by atoms with van der Waals surface area (Å²) in [5.41, 5.74) is 0. The smallest absolute Gasteiger partial charge is 0.306 e. The van der Waals surface area contributed by atoms with Gasteiger partial charge in [0.15, 0.2) is 6.10 Å². The monoisotopic (exact) mass is 857 g/mol. The number of esters is 3. The van der Waals surface area contributed by atoms with Crippen LogP contribution in [0, 0.1) is 0 Å². The molecule has 0 radical (unpaired) electrons. The van der Waals surface area contributed by atoms with E-state index in [0.717, 1.165) is 103 Å². The molecule has 0 fully saturated rings. The highest BCUT2D eigenvalue weighted by atomic mass is 16.6. The Balaban J connectivity index is 4.52. The second kappa shape index (κ2) is 49.5. The minimum atomic E-state index is -0.828. The zero-order chi connectivity index (χ0) is 45.1. The molecule has 0 aliphatic carbocycles. The number of hydrogen-bond donors (Lipinski definition) is 0. The summed E-state index contributed by atoms with van der Waals surface area (Å²) in [7, 11) is 0. The molecule has 0 heterocycles. The lowest BCUT2D eigenvalue weighted by molar-refractivity contribution is -0.166. The van der Waals surface area contributed by atoms with Gasteiger partial charge in [-0.2, -0.15) is 0 Å². The zero-order valence-electron chi connectivity index (χ0n) is 39.6. The Morgan fingerprint density at radius 3 is 1.15 bits per heavy atom. The summed E-state index contributed by atoms with van der Waals surface area (Å²) in [5.74, 6) is -1.07. The van der Waals surface area contributed by atoms with E-state index in [-0.39, 0.29) is 50.4 Å². The van der Waals surface area contributed by atoms with E-state index in [0.29, 0.717) is 12.8 Å². The molecule has 0 aliphatic rings. The normalized spacial score (nSPS) is 13.1. The third kappa shape index (κ3) is 46.9. The molecule has 62 heavy (non-hydrogen) atoms. The van der Waals surface area contributed by atoms with Crippen LogP contribution in [0.5, 0.6) is 0 Å². The second-order valence-corrected chi connectivity index (χ2v) is 15.6. The maximum Gasteiger partial charge on any atom is 0.306 e. The standard InChI is InChI=1S/C56H88O6/c1-4-7-10-13-16-19-21-23-25-27-28-29-31-32-34-37-40-43-46-49-55(58)61-52-53(51-60-54(57)48-45-42-39-36-18-15-12-9-6-3)62-56(59)50-47-44-41-38-35-33-30-26-24-22-20-17-14-11-8-5-2/h7-8,10-11,16-17,19-20,23-26,28-29,32,34,36,39-40,43,53H,4-6,9,12-15,18,21-22,27,30-31,33,35,37-38,41-42,44-52H2,1-3H3/b10-7-,11-8-,19-16-,20-17-,25-23-,26-24-,29-28-,34-32-,39-36-,43-40-. The summed E-state index contributed by atoms with van der Waals surface area (Å²) in [6.07, 6.45) is 67.8. The van der Waals surface area contributed by atoms with Gasteiger partial charge in [-0.05, 0) is 109 Å². The van der Waals surface area contributed by atoms with Gasteiger partial charge in [0.2, 0.25) is 0 Å². The maximum atomic E-state index is 12.8. The van der Waals surface area contributed by atoms with Crippen molar-refractivity contribution in [1.29, 1.82) is 0 Å². The number of ether oxygens (including phenoxy) is 3. The van der Waals surface area contributed by atoms with Crippen LogP contribution in [0.15, 0.2) is 122 Å². The molecule has 1 atom stereocenters. The zero-order valence-corrected chi connectivity index (χ0v) is 39.6. The lowest BCUT2D eigenvalue weighted by atomic mass is 10.1. The van der Waals surface area contributed by atoms with Crippen LogP contribution in [-0.2, 0) is 28.6 Å². The van der Waals surface area contributed by atoms with E-state index >= 15 is 0 Å². The van der Waals surface area contributed by atoms with Gasteiger partial charge in [-0.1, -0.05) is 187 Å². The molecule has 0 spiro atoms. The molecule has 0 aromatic heterocycles. The van der Waals surface area contributed by atoms with Crippen LogP contribution in [0.25, 0.3) is 0 Å². The van der Waals surface area contributed by atoms with Crippen molar-refractivity contribution in [2.75, 3.05) is 13.2 Å². The third-order valence-corrected chi connectivity index (χ3v) is 9.69. The Hall–Kier alpha value is -4.19. The molecule has 6 nitrogen and oxygen atoms in total. The van der Waals surface area contributed by atoms with Gasteiger partial charge in [0.1, 0.15) is 13.2 Å². The van der Waals surface area contributed by atoms with Crippen LogP contribution in [0.2, 0.25) is 0 Å². The van der Waals surface area contributed by atoms with Gasteiger partial charge in [-0.3, -0.25) is 14.4 Å². The minimum Gasteiger partial charge on any atom is -0.462 e. The molecule has 0 aromatic carbocycles. The van der Waals surface area contributed by atoms with Crippen LogP contribution in [0.4, 0.5) is 0 Å². The molecule has 0 saturated carbocycles. The van der Waals surface area contributed by atoms with Crippen molar-refractivity contribution in [1.82, 2.24) is 0 Å². The van der Waals surface area contributed by atoms with Crippen molar-refractivity contribution < 1.29 is 28.6 Å². The predicted molar refractivity (Wildman–Crippen MR) is 265 cm³/mol. The first-order chi connectivity index (χ1) is 30.5. The number of rotatable bonds is 42. The number of allylic oxidation sites excluding steroid dienone is 20. The second-order valence-electron chi connectivity index (χ2n) is 15.6. The Kier molecular flexibility index (Phi) is 46.1. The molecule has 0 saturated heterocycles. The number of carbonyl (C=O) groups is 3. The summed E-state index contributed by atoms with van der Waals surface area (Å²) < 4.78 is 16.6. The molecule has 0 rings (SSSR count). The van der Waals surface area contributed by atoms with E-state index in [4.69, 9.17) is 14.2 Å². The molecule has 0 N–H and O–H groups in total. The fourth-order valence-electron chi connectivity index (χ4n) is 6.07. The SMILES string of the molecule is CC/C=C\C/C=C\C/C=C\C/C=C\C/C=C\C/C=C\CCC(=O)OCC(COC(=O)CCC/C=C\CCCCCC)OC(=O)CCCCCCCC/C=C\C/C=C\C/C=C\CC. The summed E-state index contributed by atoms with van der Waals surface area (Å²) in [6, 6.07) is 0. The fraction of sp³-hybridized carbons (Fsp3) is 0.589. The van der Waals surface area contributed by atoms with Crippen LogP contribution in [0.3, 0.4) is 0 Å². The van der Waals surface area contributed by atoms with Crippen LogP contribution >= 0.6 is 0 Å². The molecule has 1 unspecified atom stereocenters. The predicted octanol–water partition coefficient (Wildman–Crippen LogP) is 16.1. The van der Waals surface area contributed by atoms with Crippen molar-refractivity contribution >= 4 is 17.9 Å². The summed E-state index contributed by atoms with van der Waals surface area (Å²) in [5, 5.41) is 0. The Labute approximate surface area is 380 Å². The Morgan fingerprint density at radius 2 is 0.677 bits per heavy atom. The molecule has 0 amide bonds. The Morgan fingerprint density at radius 1 is 0.339 bits per heavy atom. The van der Waals surface area contributed by atoms with Gasteiger partial charge in [0, 0.05) is 19.3 Å². The van der Waals surface area contributed by atoms with E-state index in [1.54, 1.807) is 0 Å². The average molecular weight is 857 g/mol. The summed E-state index contributed by atoms with van der Waals surface area (Å²) in [6.45, 7) is 6.25. The van der Waals surface area contributed by atoms with Gasteiger partial charge in [0.05, 0.1) is 0 Å². The first-order valence-corrected chi connectivity index (χ1v) is 24.5. The van der Waals surface area contributed by atoms with Gasteiger partial charge in [-0.15, -0.1) is 0 Å². The van der Waals surface area contributed by atoms with Crippen LogP contribution in [0.1, 0.15) is 194 Å². The van der Waals surface area contributed by atoms with E-state index < -0.39 is 6.10 Å². The molecular formula is C56H88O6. The average Bonchev–Trinajstić information content (AvgIpc) is 3.27. The van der Waals surface area contributed by atoms with E-state index in [2.05, 4.69) is 130 Å². The number of carbonyl (C=O) groups excluding carboxylic acids is 3. The molecule has 0 aliphatic heterocycles. The lowest BCUT2D eigenvalue weighted by Crippen LogP contribution is -2.30. The highest BCUT2D eigenvalue weighted by Crippen LogP contribution is 2.12. The summed E-state index contributed by atoms with van der Waals surface area (Å²) in [4.78, 5) is 37.8. The quantitative estimate of drug-likeness (QED) is 0.0263. The van der Waals surface area contributed by atoms with Crippen molar-refractivity contribution in [3.05, 3.63) is 122 Å². The third-order valence-electron chi connectivity index (χ3n) is 9.69. The molecular weight excluding hydrogens is 769 g/mol. The first-order valence-electron chi connectivity index (χ1n) is 24.5. The van der Waals surface area contributed by atoms with Gasteiger partial charge in [0.25, 0.3) is 0 Å². The van der Waals surface area contributed by atoms with Crippen molar-refractivity contribution in [3.63, 3.8) is 0 Å². The van der Waals surface area contributed by atoms with Crippen molar-refractivity contribution in [3.8, 4) is 0 Å². The summed E-state index contributed by atoms with van der Waals surface area (Å²) >= 11 is 0. The number of hydrogen-bond acceptors (Lipinski definition) is 6. The molecule has 348 valence electrons. The maximum absolute atomic E-state index is 12.8. The number of unbranched alkanes of at least 4 members (excludes halogenated alkanes) is 11. The van der Waals surface area contributed by atoms with E-state index in [1.165, 1.54) is 38.5 Å². The first kappa shape index (κ1) is 57.8. The largest absolute Gasteiger partial charge is 0.462 e. The molecule has 0 bridgehead atoms. The minimum absolute atomic E-state index is 0.126. The molecule has 0 aromatic rings. The fourth-order valence-corrected chi connectivity index (χ4v) is 6.07. The van der Waals surface area contributed by atoms with Crippen LogP contribution in [-0.4, -0.2) is 37.2 Å². The highest BCUT2D eigenvalue weighted by molar-refractivity contribution is 5.71. The van der Waals surface area contributed by atoms with Gasteiger partial charge < -0.3 is 14.2 Å². The lowest BCUT2D eigenvalue weighted by Gasteiger charge is -2.18. The topological polar surface area (TPSA) is 78.9 Å². The van der Waals surface area contributed by atoms with E-state index in [9.17, 15) is 14.4 Å². The van der Waals surface area contributed by atoms with Crippen molar-refractivity contribution in [2.45, 2.75) is 200 Å². The van der Waals surface area contributed by atoms with Gasteiger partial charge >= 0.3 is 17.9 Å².